The number of hydrogen-bond donors (Lipinski definition) is 1. The van der Waals surface area contributed by atoms with E-state index in [1.54, 1.807) is 0 Å². The molecule has 0 atom stereocenters. The molecular formula is C6H2Cl2IN3. The van der Waals surface area contributed by atoms with Crippen molar-refractivity contribution >= 4 is 56.8 Å². The third kappa shape index (κ3) is 1.38. The van der Waals surface area contributed by atoms with Crippen LogP contribution in [0.15, 0.2) is 6.07 Å². The topological polar surface area (TPSA) is 41.6 Å². The fourth-order valence-corrected chi connectivity index (χ4v) is 1.92. The Morgan fingerprint density at radius 1 is 1.33 bits per heavy atom. The molecule has 62 valence electrons. The summed E-state index contributed by atoms with van der Waals surface area (Å²) in [6, 6.07) is 1.87. The Hall–Kier alpha value is -0.0700. The molecule has 0 aliphatic carbocycles. The summed E-state index contributed by atoms with van der Waals surface area (Å²) < 4.78 is 0.959. The third-order valence-electron chi connectivity index (χ3n) is 1.38. The van der Waals surface area contributed by atoms with Crippen LogP contribution in [0.4, 0.5) is 0 Å². The lowest BCUT2D eigenvalue weighted by atomic mass is 10.4. The third-order valence-corrected chi connectivity index (χ3v) is 2.42. The maximum Gasteiger partial charge on any atom is 0.225 e. The molecule has 0 amide bonds. The van der Waals surface area contributed by atoms with Crippen molar-refractivity contribution in [3.8, 4) is 0 Å². The van der Waals surface area contributed by atoms with Crippen molar-refractivity contribution in [2.75, 3.05) is 0 Å². The van der Waals surface area contributed by atoms with Crippen LogP contribution in [0.2, 0.25) is 10.4 Å². The first kappa shape index (κ1) is 8.52. The first-order valence-electron chi connectivity index (χ1n) is 3.04. The molecule has 0 unspecified atom stereocenters. The van der Waals surface area contributed by atoms with Gasteiger partial charge in [0.15, 0.2) is 0 Å². The van der Waals surface area contributed by atoms with Gasteiger partial charge in [-0.25, -0.2) is 4.98 Å². The molecule has 12 heavy (non-hydrogen) atoms. The standard InChI is InChI=1S/C6H2Cl2IN3/c7-4-2-1-3(9)10-5(2)12-6(8)11-4/h1H,(H,10,11,12). The van der Waals surface area contributed by atoms with Crippen molar-refractivity contribution in [1.82, 2.24) is 15.0 Å². The quantitative estimate of drug-likeness (QED) is 0.461. The van der Waals surface area contributed by atoms with Crippen LogP contribution in [0.1, 0.15) is 0 Å². The molecule has 0 aliphatic rings. The van der Waals surface area contributed by atoms with E-state index in [9.17, 15) is 0 Å². The van der Waals surface area contributed by atoms with Crippen molar-refractivity contribution in [3.05, 3.63) is 20.2 Å². The van der Waals surface area contributed by atoms with Crippen molar-refractivity contribution in [2.45, 2.75) is 0 Å². The van der Waals surface area contributed by atoms with E-state index in [1.807, 2.05) is 6.07 Å². The second kappa shape index (κ2) is 3.01. The number of rotatable bonds is 0. The first-order chi connectivity index (χ1) is 5.66. The number of nitrogens with one attached hydrogen (secondary N) is 1. The van der Waals surface area contributed by atoms with Gasteiger partial charge < -0.3 is 4.98 Å². The van der Waals surface area contributed by atoms with Crippen LogP contribution in [-0.2, 0) is 0 Å². The van der Waals surface area contributed by atoms with E-state index in [1.165, 1.54) is 0 Å². The van der Waals surface area contributed by atoms with E-state index in [0.717, 1.165) is 9.09 Å². The number of H-pyrrole nitrogens is 1. The Balaban J connectivity index is 2.88. The van der Waals surface area contributed by atoms with Gasteiger partial charge in [0, 0.05) is 0 Å². The summed E-state index contributed by atoms with van der Waals surface area (Å²) in [7, 11) is 0. The minimum absolute atomic E-state index is 0.158. The van der Waals surface area contributed by atoms with Crippen molar-refractivity contribution < 1.29 is 0 Å². The minimum Gasteiger partial charge on any atom is -0.335 e. The highest BCUT2D eigenvalue weighted by Gasteiger charge is 2.06. The number of hydrogen-bond acceptors (Lipinski definition) is 2. The summed E-state index contributed by atoms with van der Waals surface area (Å²) in [4.78, 5) is 10.8. The Morgan fingerprint density at radius 3 is 2.83 bits per heavy atom. The normalized spacial score (nSPS) is 10.9. The van der Waals surface area contributed by atoms with E-state index < -0.39 is 0 Å². The van der Waals surface area contributed by atoms with Gasteiger partial charge >= 0.3 is 0 Å². The lowest BCUT2D eigenvalue weighted by Crippen LogP contribution is -1.83. The number of halogens is 3. The molecule has 2 aromatic heterocycles. The molecule has 2 rings (SSSR count). The molecule has 0 saturated heterocycles. The predicted octanol–water partition coefficient (Wildman–Crippen LogP) is 2.87. The van der Waals surface area contributed by atoms with Crippen LogP contribution in [0.3, 0.4) is 0 Å². The fourth-order valence-electron chi connectivity index (χ4n) is 0.916. The van der Waals surface area contributed by atoms with E-state index in [4.69, 9.17) is 23.2 Å². The zero-order valence-electron chi connectivity index (χ0n) is 5.61. The molecule has 3 nitrogen and oxygen atoms in total. The predicted molar refractivity (Wildman–Crippen MR) is 56.6 cm³/mol. The molecule has 0 bridgehead atoms. The van der Waals surface area contributed by atoms with Crippen LogP contribution in [0.5, 0.6) is 0 Å². The first-order valence-corrected chi connectivity index (χ1v) is 4.87. The van der Waals surface area contributed by atoms with Gasteiger partial charge in [0.25, 0.3) is 0 Å². The molecule has 2 aromatic rings. The SMILES string of the molecule is Clc1nc(Cl)c2cc(I)[nH]c2n1. The maximum absolute atomic E-state index is 5.82. The van der Waals surface area contributed by atoms with Gasteiger partial charge in [0.2, 0.25) is 5.28 Å². The van der Waals surface area contributed by atoms with Crippen molar-refractivity contribution in [3.63, 3.8) is 0 Å². The Labute approximate surface area is 91.6 Å². The van der Waals surface area contributed by atoms with Gasteiger partial charge in [-0.3, -0.25) is 0 Å². The maximum atomic E-state index is 5.82. The largest absolute Gasteiger partial charge is 0.335 e. The summed E-state index contributed by atoms with van der Waals surface area (Å²) in [6.45, 7) is 0. The number of fused-ring (bicyclic) bond motifs is 1. The summed E-state index contributed by atoms with van der Waals surface area (Å²) in [5, 5.41) is 1.33. The van der Waals surface area contributed by atoms with Gasteiger partial charge in [-0.2, -0.15) is 4.98 Å². The highest BCUT2D eigenvalue weighted by Crippen LogP contribution is 2.23. The fraction of sp³-hybridized carbons (Fsp3) is 0. The molecular weight excluding hydrogens is 312 g/mol. The zero-order chi connectivity index (χ0) is 8.72. The molecule has 0 radical (unpaired) electrons. The highest BCUT2D eigenvalue weighted by atomic mass is 127. The second-order valence-electron chi connectivity index (χ2n) is 2.16. The molecule has 6 heteroatoms. The number of aromatic nitrogens is 3. The highest BCUT2D eigenvalue weighted by molar-refractivity contribution is 14.1. The van der Waals surface area contributed by atoms with Crippen LogP contribution < -0.4 is 0 Å². The monoisotopic (exact) mass is 313 g/mol. The zero-order valence-corrected chi connectivity index (χ0v) is 9.28. The minimum atomic E-state index is 0.158. The lowest BCUT2D eigenvalue weighted by molar-refractivity contribution is 1.20. The second-order valence-corrected chi connectivity index (χ2v) is 4.02. The van der Waals surface area contributed by atoms with Gasteiger partial charge in [-0.15, -0.1) is 0 Å². The number of nitrogens with zero attached hydrogens (tertiary/aromatic N) is 2. The smallest absolute Gasteiger partial charge is 0.225 e. The molecule has 0 aromatic carbocycles. The van der Waals surface area contributed by atoms with Crippen molar-refractivity contribution in [2.24, 2.45) is 0 Å². The van der Waals surface area contributed by atoms with Crippen LogP contribution in [0, 0.1) is 3.70 Å². The Morgan fingerprint density at radius 2 is 2.08 bits per heavy atom. The Kier molecular flexibility index (Phi) is 2.14. The average Bonchev–Trinajstić information content (AvgIpc) is 2.29. The molecule has 0 spiro atoms. The Bertz CT molecular complexity index is 440. The summed E-state index contributed by atoms with van der Waals surface area (Å²) in [5.74, 6) is 0. The van der Waals surface area contributed by atoms with Gasteiger partial charge in [-0.1, -0.05) is 11.6 Å². The molecule has 1 N–H and O–H groups in total. The lowest BCUT2D eigenvalue weighted by Gasteiger charge is -1.92. The van der Waals surface area contributed by atoms with Crippen LogP contribution in [-0.4, -0.2) is 15.0 Å². The molecule has 0 aliphatic heterocycles. The average molecular weight is 314 g/mol. The van der Waals surface area contributed by atoms with Crippen LogP contribution in [0.25, 0.3) is 11.0 Å². The molecule has 2 heterocycles. The summed E-state index contributed by atoms with van der Waals surface area (Å²) >= 11 is 13.6. The molecule has 0 fully saturated rings. The van der Waals surface area contributed by atoms with Crippen LogP contribution >= 0.6 is 45.8 Å². The van der Waals surface area contributed by atoms with E-state index >= 15 is 0 Å². The van der Waals surface area contributed by atoms with Gasteiger partial charge in [-0.05, 0) is 40.3 Å². The van der Waals surface area contributed by atoms with E-state index in [-0.39, 0.29) is 5.28 Å². The van der Waals surface area contributed by atoms with Crippen molar-refractivity contribution in [1.29, 1.82) is 0 Å². The van der Waals surface area contributed by atoms with E-state index in [0.29, 0.717) is 10.8 Å². The molecule has 0 saturated carbocycles. The number of aromatic amines is 1. The summed E-state index contributed by atoms with van der Waals surface area (Å²) in [6.07, 6.45) is 0. The summed E-state index contributed by atoms with van der Waals surface area (Å²) in [5.41, 5.74) is 0.671. The van der Waals surface area contributed by atoms with Gasteiger partial charge in [0.1, 0.15) is 10.8 Å². The van der Waals surface area contributed by atoms with Gasteiger partial charge in [0.05, 0.1) is 9.09 Å². The van der Waals surface area contributed by atoms with E-state index in [2.05, 4.69) is 37.5 Å².